The number of nitrogens with zero attached hydrogens (tertiary/aromatic N) is 1. The maximum absolute atomic E-state index is 14.2. The fourth-order valence-corrected chi connectivity index (χ4v) is 2.49. The zero-order valence-electron chi connectivity index (χ0n) is 14.3. The van der Waals surface area contributed by atoms with Crippen LogP contribution in [0.5, 0.6) is 5.75 Å². The molecular weight excluding hydrogens is 323 g/mol. The molecule has 1 N–H and O–H groups in total. The second-order valence-corrected chi connectivity index (χ2v) is 6.51. The van der Waals surface area contributed by atoms with Crippen molar-refractivity contribution in [2.45, 2.75) is 25.8 Å². The van der Waals surface area contributed by atoms with Gasteiger partial charge in [-0.05, 0) is 49.4 Å². The first-order valence-electron chi connectivity index (χ1n) is 8.34. The van der Waals surface area contributed by atoms with Crippen molar-refractivity contribution in [3.63, 3.8) is 0 Å². The Labute approximate surface area is 145 Å². The number of rotatable bonds is 6. The average Bonchev–Trinajstić information content (AvgIpc) is 3.40. The summed E-state index contributed by atoms with van der Waals surface area (Å²) in [7, 11) is 1.58. The van der Waals surface area contributed by atoms with Crippen LogP contribution in [-0.2, 0) is 7.05 Å². The van der Waals surface area contributed by atoms with E-state index in [9.17, 15) is 14.0 Å². The predicted molar refractivity (Wildman–Crippen MR) is 92.2 cm³/mol. The molecule has 0 spiro atoms. The third-order valence-corrected chi connectivity index (χ3v) is 4.32. The number of nitrogens with one attached hydrogen (secondary N) is 1. The zero-order chi connectivity index (χ0) is 18.0. The Morgan fingerprint density at radius 3 is 2.76 bits per heavy atom. The van der Waals surface area contributed by atoms with Crippen molar-refractivity contribution >= 4 is 5.91 Å². The highest BCUT2D eigenvalue weighted by Crippen LogP contribution is 2.30. The van der Waals surface area contributed by atoms with Gasteiger partial charge in [-0.15, -0.1) is 0 Å². The molecule has 5 nitrogen and oxygen atoms in total. The Morgan fingerprint density at radius 2 is 2.12 bits per heavy atom. The molecule has 1 fully saturated rings. The van der Waals surface area contributed by atoms with Gasteiger partial charge in [-0.2, -0.15) is 0 Å². The van der Waals surface area contributed by atoms with Gasteiger partial charge in [0.15, 0.2) is 11.6 Å². The van der Waals surface area contributed by atoms with Crippen LogP contribution in [0.1, 0.15) is 41.7 Å². The van der Waals surface area contributed by atoms with Gasteiger partial charge < -0.3 is 14.6 Å². The number of hydrogen-bond donors (Lipinski definition) is 1. The van der Waals surface area contributed by atoms with Gasteiger partial charge in [0, 0.05) is 19.3 Å². The van der Waals surface area contributed by atoms with Crippen LogP contribution >= 0.6 is 0 Å². The molecule has 3 rings (SSSR count). The van der Waals surface area contributed by atoms with E-state index < -0.39 is 5.82 Å². The van der Waals surface area contributed by atoms with Crippen molar-refractivity contribution < 1.29 is 13.9 Å². The molecule has 1 aromatic carbocycles. The summed E-state index contributed by atoms with van der Waals surface area (Å²) in [6.07, 6.45) is 3.77. The summed E-state index contributed by atoms with van der Waals surface area (Å²) in [6, 6.07) is 7.16. The number of amides is 1. The number of hydrogen-bond acceptors (Lipinski definition) is 3. The molecule has 1 aliphatic carbocycles. The normalized spacial score (nSPS) is 14.8. The molecule has 0 radical (unpaired) electrons. The van der Waals surface area contributed by atoms with E-state index in [1.165, 1.54) is 29.0 Å². The minimum Gasteiger partial charge on any atom is -0.490 e. The van der Waals surface area contributed by atoms with Crippen LogP contribution in [0.3, 0.4) is 0 Å². The lowest BCUT2D eigenvalue weighted by Gasteiger charge is -2.16. The lowest BCUT2D eigenvalue weighted by molar-refractivity contribution is 0.0939. The number of pyridine rings is 1. The number of ether oxygens (including phenoxy) is 1. The maximum atomic E-state index is 14.2. The van der Waals surface area contributed by atoms with Crippen molar-refractivity contribution in [2.24, 2.45) is 13.0 Å². The number of carbonyl (C=O) groups excluding carboxylic acids is 1. The van der Waals surface area contributed by atoms with E-state index >= 15 is 0 Å². The highest BCUT2D eigenvalue weighted by atomic mass is 19.1. The predicted octanol–water partition coefficient (Wildman–Crippen LogP) is 2.80. The first-order chi connectivity index (χ1) is 11.9. The Kier molecular flexibility index (Phi) is 4.88. The van der Waals surface area contributed by atoms with Crippen molar-refractivity contribution in [1.82, 2.24) is 9.88 Å². The van der Waals surface area contributed by atoms with E-state index in [-0.39, 0.29) is 23.3 Å². The van der Waals surface area contributed by atoms with Gasteiger partial charge in [-0.25, -0.2) is 4.39 Å². The van der Waals surface area contributed by atoms with Crippen molar-refractivity contribution in [1.29, 1.82) is 0 Å². The maximum Gasteiger partial charge on any atom is 0.253 e. The van der Waals surface area contributed by atoms with Gasteiger partial charge in [0.05, 0.1) is 18.2 Å². The molecule has 1 aliphatic rings. The number of halogens is 1. The molecule has 1 heterocycles. The fraction of sp³-hybridized carbons (Fsp3) is 0.368. The minimum atomic E-state index is -0.429. The van der Waals surface area contributed by atoms with E-state index in [1.807, 2.05) is 0 Å². The summed E-state index contributed by atoms with van der Waals surface area (Å²) >= 11 is 0. The van der Waals surface area contributed by atoms with Crippen LogP contribution in [0.2, 0.25) is 0 Å². The molecule has 25 heavy (non-hydrogen) atoms. The molecule has 0 aliphatic heterocycles. The SMILES string of the molecule is C[C@@H](NC(=O)c1ccc(=O)n(C)c1)c1ccc(OCC2CC2)c(F)c1. The van der Waals surface area contributed by atoms with Gasteiger partial charge in [0.25, 0.3) is 5.91 Å². The van der Waals surface area contributed by atoms with Gasteiger partial charge in [0.2, 0.25) is 5.56 Å². The highest BCUT2D eigenvalue weighted by Gasteiger charge is 2.22. The molecule has 1 aromatic heterocycles. The topological polar surface area (TPSA) is 60.3 Å². The summed E-state index contributed by atoms with van der Waals surface area (Å²) < 4.78 is 21.0. The number of aryl methyl sites for hydroxylation is 1. The van der Waals surface area contributed by atoms with Gasteiger partial charge in [-0.3, -0.25) is 9.59 Å². The Bertz CT molecular complexity index is 843. The van der Waals surface area contributed by atoms with Crippen molar-refractivity contribution in [3.05, 3.63) is 63.8 Å². The van der Waals surface area contributed by atoms with Gasteiger partial charge in [-0.1, -0.05) is 6.07 Å². The number of carbonyl (C=O) groups is 1. The minimum absolute atomic E-state index is 0.187. The quantitative estimate of drug-likeness (QED) is 0.877. The Balaban J connectivity index is 1.66. The molecule has 0 unspecified atom stereocenters. The summed E-state index contributed by atoms with van der Waals surface area (Å²) in [5, 5.41) is 2.80. The van der Waals surface area contributed by atoms with Crippen LogP contribution < -0.4 is 15.6 Å². The van der Waals surface area contributed by atoms with E-state index in [2.05, 4.69) is 5.32 Å². The molecule has 1 amide bonds. The second-order valence-electron chi connectivity index (χ2n) is 6.51. The van der Waals surface area contributed by atoms with Crippen molar-refractivity contribution in [2.75, 3.05) is 6.61 Å². The third-order valence-electron chi connectivity index (χ3n) is 4.32. The van der Waals surface area contributed by atoms with Crippen LogP contribution in [-0.4, -0.2) is 17.1 Å². The third kappa shape index (κ3) is 4.26. The first kappa shape index (κ1) is 17.2. The van der Waals surface area contributed by atoms with Crippen LogP contribution in [0.25, 0.3) is 0 Å². The Morgan fingerprint density at radius 1 is 1.36 bits per heavy atom. The van der Waals surface area contributed by atoms with Gasteiger partial charge >= 0.3 is 0 Å². The largest absolute Gasteiger partial charge is 0.490 e. The summed E-state index contributed by atoms with van der Waals surface area (Å²) in [5.41, 5.74) is 0.835. The molecule has 2 aromatic rings. The van der Waals surface area contributed by atoms with E-state index in [4.69, 9.17) is 4.74 Å². The molecule has 0 bridgehead atoms. The summed E-state index contributed by atoms with van der Waals surface area (Å²) in [4.78, 5) is 23.7. The van der Waals surface area contributed by atoms with E-state index in [0.29, 0.717) is 23.7 Å². The number of benzene rings is 1. The van der Waals surface area contributed by atoms with Crippen LogP contribution in [0.15, 0.2) is 41.3 Å². The zero-order valence-corrected chi connectivity index (χ0v) is 14.3. The molecular formula is C19H21FN2O3. The van der Waals surface area contributed by atoms with Crippen LogP contribution in [0.4, 0.5) is 4.39 Å². The monoisotopic (exact) mass is 344 g/mol. The summed E-state index contributed by atoms with van der Waals surface area (Å²) in [5.74, 6) is 0.0466. The first-order valence-corrected chi connectivity index (χ1v) is 8.34. The fourth-order valence-electron chi connectivity index (χ4n) is 2.49. The average molecular weight is 344 g/mol. The van der Waals surface area contributed by atoms with Crippen LogP contribution in [0, 0.1) is 11.7 Å². The highest BCUT2D eigenvalue weighted by molar-refractivity contribution is 5.94. The standard InChI is InChI=1S/C19H21FN2O3/c1-12(21-19(24)15-6-8-18(23)22(2)10-15)14-5-7-17(16(20)9-14)25-11-13-3-4-13/h5-10,12-13H,3-4,11H2,1-2H3,(H,21,24)/t12-/m1/s1. The lowest BCUT2D eigenvalue weighted by Crippen LogP contribution is -2.28. The second kappa shape index (κ2) is 7.09. The van der Waals surface area contributed by atoms with Gasteiger partial charge in [0.1, 0.15) is 0 Å². The lowest BCUT2D eigenvalue weighted by atomic mass is 10.1. The molecule has 0 saturated heterocycles. The van der Waals surface area contributed by atoms with E-state index in [1.54, 1.807) is 26.1 Å². The smallest absolute Gasteiger partial charge is 0.253 e. The molecule has 1 atom stereocenters. The molecule has 132 valence electrons. The molecule has 6 heteroatoms. The van der Waals surface area contributed by atoms with E-state index in [0.717, 1.165) is 12.8 Å². The summed E-state index contributed by atoms with van der Waals surface area (Å²) in [6.45, 7) is 2.33. The Hall–Kier alpha value is -2.63. The molecule has 1 saturated carbocycles. The number of aromatic nitrogens is 1. The van der Waals surface area contributed by atoms with Crippen molar-refractivity contribution in [3.8, 4) is 5.75 Å².